The molecule has 0 amide bonds. The average Bonchev–Trinajstić information content (AvgIpc) is 2.10. The van der Waals surface area contributed by atoms with Gasteiger partial charge in [-0.15, -0.1) is 0 Å². The summed E-state index contributed by atoms with van der Waals surface area (Å²) in [5.74, 6) is 0. The first-order valence-corrected chi connectivity index (χ1v) is 3.42. The fourth-order valence-electron chi connectivity index (χ4n) is 0.686. The lowest BCUT2D eigenvalue weighted by Gasteiger charge is -1.93. The maximum Gasteiger partial charge on any atom is 0.279 e. The van der Waals surface area contributed by atoms with Gasteiger partial charge in [-0.2, -0.15) is 0 Å². The number of hydrogen-bond donors (Lipinski definition) is 0. The molecule has 0 bridgehead atoms. The van der Waals surface area contributed by atoms with E-state index in [4.69, 9.17) is 0 Å². The molecule has 68 valence electrons. The lowest BCUT2D eigenvalue weighted by Crippen LogP contribution is -2.02. The largest absolute Gasteiger partial charge is 0.298 e. The van der Waals surface area contributed by atoms with Crippen LogP contribution in [-0.2, 0) is 4.79 Å². The van der Waals surface area contributed by atoms with Crippen molar-refractivity contribution in [2.24, 2.45) is 0 Å². The van der Waals surface area contributed by atoms with Crippen LogP contribution in [0.1, 0.15) is 0 Å². The number of carbonyl (C=O) groups excluding carboxylic acids is 1. The maximum absolute atomic E-state index is 10.4. The molecule has 0 N–H and O–H groups in total. The highest BCUT2D eigenvalue weighted by Crippen LogP contribution is 2.08. The van der Waals surface area contributed by atoms with Crippen LogP contribution in [0.2, 0.25) is 0 Å². The second-order valence-corrected chi connectivity index (χ2v) is 2.02. The summed E-state index contributed by atoms with van der Waals surface area (Å²) in [6, 6.07) is 0. The number of nitrogens with zero attached hydrogens (tertiary/aromatic N) is 1. The Morgan fingerprint density at radius 1 is 1.23 bits per heavy atom. The van der Waals surface area contributed by atoms with Gasteiger partial charge in [0.2, 0.25) is 0 Å². The molecule has 0 saturated heterocycles. The van der Waals surface area contributed by atoms with Crippen LogP contribution in [-0.4, -0.2) is 11.2 Å². The molecule has 0 aliphatic rings. The molecule has 0 heterocycles. The smallest absolute Gasteiger partial charge is 0.279 e. The van der Waals surface area contributed by atoms with E-state index in [1.807, 2.05) is 0 Å². The zero-order valence-electron chi connectivity index (χ0n) is 6.97. The van der Waals surface area contributed by atoms with Gasteiger partial charge in [-0.05, 0) is 6.08 Å². The Hall–Kier alpha value is -1.97. The molecule has 4 heteroatoms. The summed E-state index contributed by atoms with van der Waals surface area (Å²) in [6.07, 6.45) is 5.39. The Bertz CT molecular complexity index is 300. The average molecular weight is 179 g/mol. The second-order valence-electron chi connectivity index (χ2n) is 2.02. The second kappa shape index (κ2) is 5.65. The Morgan fingerprint density at radius 3 is 2.08 bits per heavy atom. The normalized spacial score (nSPS) is 12.0. The molecule has 0 saturated carbocycles. The third kappa shape index (κ3) is 3.29. The number of allylic oxidation sites excluding steroid dienone is 5. The molecule has 0 fully saturated rings. The molecule has 4 nitrogen and oxygen atoms in total. The fraction of sp³-hybridized carbons (Fsp3) is 0. The molecule has 0 aromatic rings. The quantitative estimate of drug-likeness (QED) is 0.212. The van der Waals surface area contributed by atoms with E-state index in [1.165, 1.54) is 18.2 Å². The van der Waals surface area contributed by atoms with Gasteiger partial charge < -0.3 is 0 Å². The molecule has 13 heavy (non-hydrogen) atoms. The van der Waals surface area contributed by atoms with Crippen molar-refractivity contribution in [1.82, 2.24) is 0 Å². The van der Waals surface area contributed by atoms with Crippen molar-refractivity contribution in [3.05, 3.63) is 58.8 Å². The van der Waals surface area contributed by atoms with Crippen molar-refractivity contribution in [2.45, 2.75) is 0 Å². The monoisotopic (exact) mass is 179 g/mol. The van der Waals surface area contributed by atoms with Gasteiger partial charge in [-0.3, -0.25) is 14.9 Å². The summed E-state index contributed by atoms with van der Waals surface area (Å²) in [4.78, 5) is 20.2. The van der Waals surface area contributed by atoms with Crippen LogP contribution < -0.4 is 0 Å². The Labute approximate surface area is 75.7 Å². The summed E-state index contributed by atoms with van der Waals surface area (Å²) in [5.41, 5.74) is -0.315. The van der Waals surface area contributed by atoms with Crippen molar-refractivity contribution in [3.63, 3.8) is 0 Å². The minimum atomic E-state index is -0.647. The Kier molecular flexibility index (Phi) is 4.79. The molecular formula is C9H9NO3. The SMILES string of the molecule is C=C/C=C(C=O)\C(=C/C=C)[N+](=O)[O-]. The molecule has 0 spiro atoms. The third-order valence-electron chi connectivity index (χ3n) is 1.19. The Balaban J connectivity index is 5.14. The molecule has 0 aliphatic heterocycles. The van der Waals surface area contributed by atoms with E-state index in [2.05, 4.69) is 13.2 Å². The van der Waals surface area contributed by atoms with E-state index < -0.39 is 4.92 Å². The fourth-order valence-corrected chi connectivity index (χ4v) is 0.686. The van der Waals surface area contributed by atoms with Crippen molar-refractivity contribution in [1.29, 1.82) is 0 Å². The van der Waals surface area contributed by atoms with Crippen molar-refractivity contribution < 1.29 is 9.72 Å². The predicted octanol–water partition coefficient (Wildman–Crippen LogP) is 1.64. The lowest BCUT2D eigenvalue weighted by molar-refractivity contribution is -0.420. The minimum absolute atomic E-state index is 0.0279. The molecule has 0 rings (SSSR count). The van der Waals surface area contributed by atoms with Crippen molar-refractivity contribution in [3.8, 4) is 0 Å². The maximum atomic E-state index is 10.4. The van der Waals surface area contributed by atoms with Gasteiger partial charge >= 0.3 is 0 Å². The number of nitro groups is 1. The summed E-state index contributed by atoms with van der Waals surface area (Å²) in [5, 5.41) is 10.4. The van der Waals surface area contributed by atoms with Crippen LogP contribution in [0.3, 0.4) is 0 Å². The van der Waals surface area contributed by atoms with E-state index in [1.54, 1.807) is 0 Å². The number of hydrogen-bond acceptors (Lipinski definition) is 3. The molecule has 0 aromatic carbocycles. The molecule has 0 aromatic heterocycles. The van der Waals surface area contributed by atoms with Crippen LogP contribution in [0.4, 0.5) is 0 Å². The number of rotatable bonds is 5. The Morgan fingerprint density at radius 2 is 1.77 bits per heavy atom. The highest BCUT2D eigenvalue weighted by Gasteiger charge is 2.14. The topological polar surface area (TPSA) is 60.2 Å². The van der Waals surface area contributed by atoms with Crippen LogP contribution in [0.5, 0.6) is 0 Å². The van der Waals surface area contributed by atoms with Crippen LogP contribution in [0.15, 0.2) is 48.7 Å². The van der Waals surface area contributed by atoms with E-state index in [0.29, 0.717) is 6.29 Å². The van der Waals surface area contributed by atoms with E-state index >= 15 is 0 Å². The van der Waals surface area contributed by atoms with Gasteiger partial charge in [0.1, 0.15) is 0 Å². The summed E-state index contributed by atoms with van der Waals surface area (Å²) >= 11 is 0. The van der Waals surface area contributed by atoms with Crippen LogP contribution >= 0.6 is 0 Å². The van der Waals surface area contributed by atoms with Gasteiger partial charge in [-0.1, -0.05) is 25.3 Å². The number of carbonyl (C=O) groups is 1. The predicted molar refractivity (Wildman–Crippen MR) is 49.6 cm³/mol. The number of aldehydes is 1. The standard InChI is InChI=1S/C9H9NO3/c1-3-5-8(7-11)9(6-4-2)10(12)13/h3-7H,1-2H2/b8-5-,9-6+. The van der Waals surface area contributed by atoms with Gasteiger partial charge in [0.05, 0.1) is 10.5 Å². The summed E-state index contributed by atoms with van der Waals surface area (Å²) < 4.78 is 0. The third-order valence-corrected chi connectivity index (χ3v) is 1.19. The van der Waals surface area contributed by atoms with Gasteiger partial charge in [0.25, 0.3) is 5.70 Å². The molecular weight excluding hydrogens is 170 g/mol. The zero-order chi connectivity index (χ0) is 10.3. The first-order chi connectivity index (χ1) is 6.17. The summed E-state index contributed by atoms with van der Waals surface area (Å²) in [6.45, 7) is 6.65. The lowest BCUT2D eigenvalue weighted by atomic mass is 10.2. The summed E-state index contributed by atoms with van der Waals surface area (Å²) in [7, 11) is 0. The van der Waals surface area contributed by atoms with Gasteiger partial charge in [0.15, 0.2) is 6.29 Å². The molecule has 0 atom stereocenters. The highest BCUT2D eigenvalue weighted by atomic mass is 16.6. The van der Waals surface area contributed by atoms with E-state index in [-0.39, 0.29) is 11.3 Å². The molecule has 0 unspecified atom stereocenters. The van der Waals surface area contributed by atoms with Gasteiger partial charge in [0, 0.05) is 6.08 Å². The van der Waals surface area contributed by atoms with Gasteiger partial charge in [-0.25, -0.2) is 0 Å². The highest BCUT2D eigenvalue weighted by molar-refractivity contribution is 5.79. The first kappa shape index (κ1) is 11.0. The van der Waals surface area contributed by atoms with E-state index in [0.717, 1.165) is 6.08 Å². The first-order valence-electron chi connectivity index (χ1n) is 3.42. The van der Waals surface area contributed by atoms with Crippen LogP contribution in [0, 0.1) is 10.1 Å². The molecule has 0 aliphatic carbocycles. The van der Waals surface area contributed by atoms with E-state index in [9.17, 15) is 14.9 Å². The zero-order valence-corrected chi connectivity index (χ0v) is 6.97. The van der Waals surface area contributed by atoms with Crippen LogP contribution in [0.25, 0.3) is 0 Å². The van der Waals surface area contributed by atoms with Crippen molar-refractivity contribution in [2.75, 3.05) is 0 Å². The minimum Gasteiger partial charge on any atom is -0.298 e. The van der Waals surface area contributed by atoms with Crippen molar-refractivity contribution >= 4 is 6.29 Å². The molecule has 0 radical (unpaired) electrons.